The highest BCUT2D eigenvalue weighted by Gasteiger charge is 2.45. The van der Waals surface area contributed by atoms with Crippen LogP contribution in [-0.2, 0) is 14.3 Å². The second-order valence-electron chi connectivity index (χ2n) is 11.9. The number of carbonyl (C=O) groups excluding carboxylic acids is 3. The van der Waals surface area contributed by atoms with E-state index in [4.69, 9.17) is 10.5 Å². The van der Waals surface area contributed by atoms with Crippen LogP contribution in [0.4, 0.5) is 4.79 Å². The van der Waals surface area contributed by atoms with Gasteiger partial charge in [0.25, 0.3) is 0 Å². The first-order valence-electron chi connectivity index (χ1n) is 14.0. The van der Waals surface area contributed by atoms with E-state index in [0.717, 1.165) is 44.9 Å². The monoisotopic (exact) mass is 524 g/mol. The van der Waals surface area contributed by atoms with E-state index in [2.05, 4.69) is 10.6 Å². The molecule has 8 nitrogen and oxygen atoms in total. The van der Waals surface area contributed by atoms with Crippen molar-refractivity contribution in [3.05, 3.63) is 0 Å². The number of nitrogens with two attached hydrogens (primary N) is 1. The maximum Gasteiger partial charge on any atom is 0.407 e. The predicted octanol–water partition coefficient (Wildman–Crippen LogP) is 3.82. The average molecular weight is 525 g/mol. The van der Waals surface area contributed by atoms with Gasteiger partial charge in [-0.05, 0) is 77.0 Å². The van der Waals surface area contributed by atoms with E-state index in [1.165, 1.54) is 12.8 Å². The fraction of sp³-hybridized carbons (Fsp3) is 0.889. The lowest BCUT2D eigenvalue weighted by Crippen LogP contribution is -2.60. The summed E-state index contributed by atoms with van der Waals surface area (Å²) in [5.41, 5.74) is 6.01. The van der Waals surface area contributed by atoms with Crippen LogP contribution in [0.15, 0.2) is 0 Å². The third-order valence-corrected chi connectivity index (χ3v) is 9.47. The van der Waals surface area contributed by atoms with Crippen molar-refractivity contribution < 1.29 is 19.1 Å². The fourth-order valence-electron chi connectivity index (χ4n) is 5.66. The molecule has 0 aromatic carbocycles. The zero-order valence-corrected chi connectivity index (χ0v) is 23.5. The van der Waals surface area contributed by atoms with Crippen molar-refractivity contribution in [1.82, 2.24) is 15.5 Å². The van der Waals surface area contributed by atoms with Crippen molar-refractivity contribution in [3.8, 4) is 0 Å². The average Bonchev–Trinajstić information content (AvgIpc) is 3.52. The molecule has 9 heteroatoms. The molecule has 3 aliphatic rings. The van der Waals surface area contributed by atoms with Crippen molar-refractivity contribution in [2.45, 2.75) is 120 Å². The molecule has 0 bridgehead atoms. The minimum atomic E-state index is -0.768. The smallest absolute Gasteiger partial charge is 0.407 e. The van der Waals surface area contributed by atoms with Crippen LogP contribution in [0.1, 0.15) is 91.9 Å². The predicted molar refractivity (Wildman–Crippen MR) is 145 cm³/mol. The highest BCUT2D eigenvalue weighted by Crippen LogP contribution is 2.40. The van der Waals surface area contributed by atoms with Crippen molar-refractivity contribution in [2.24, 2.45) is 17.6 Å². The topological polar surface area (TPSA) is 114 Å². The number of nitrogens with zero attached hydrogens (tertiary/aromatic N) is 1. The minimum Gasteiger partial charge on any atom is -0.449 e. The molecule has 0 spiro atoms. The molecule has 2 atom stereocenters. The summed E-state index contributed by atoms with van der Waals surface area (Å²) in [6, 6.07) is -0.982. The van der Waals surface area contributed by atoms with Crippen LogP contribution < -0.4 is 16.4 Å². The van der Waals surface area contributed by atoms with E-state index >= 15 is 0 Å². The van der Waals surface area contributed by atoms with Crippen LogP contribution >= 0.6 is 11.8 Å². The molecular formula is C27H48N4O4S. The van der Waals surface area contributed by atoms with Crippen LogP contribution in [0.3, 0.4) is 0 Å². The number of hydrogen-bond acceptors (Lipinski definition) is 6. The van der Waals surface area contributed by atoms with Gasteiger partial charge in [-0.25, -0.2) is 4.79 Å². The third-order valence-electron chi connectivity index (χ3n) is 7.82. The van der Waals surface area contributed by atoms with Crippen LogP contribution in [0.5, 0.6) is 0 Å². The molecule has 1 saturated heterocycles. The van der Waals surface area contributed by atoms with Gasteiger partial charge in [-0.15, -0.1) is 11.8 Å². The Bertz CT molecular complexity index is 748. The SMILES string of the molecule is CC(C)COC(=O)N[C@@H](C(=O)N1CCC[C@H]1C(=O)NCC1CCC(N)CC1)C(C)(C)SC1CCCC1. The van der Waals surface area contributed by atoms with Crippen molar-refractivity contribution in [1.29, 1.82) is 0 Å². The van der Waals surface area contributed by atoms with Gasteiger partial charge in [0.15, 0.2) is 0 Å². The molecule has 0 radical (unpaired) electrons. The number of alkyl carbamates (subject to hydrolysis) is 1. The van der Waals surface area contributed by atoms with E-state index in [0.29, 0.717) is 37.3 Å². The standard InChI is InChI=1S/C27H48N4O4S/c1-18(2)17-35-26(34)30-23(27(3,4)36-21-8-5-6-9-21)25(33)31-15-7-10-22(31)24(32)29-16-19-11-13-20(28)14-12-19/h18-23H,5-17,28H2,1-4H3,(H,29,32)(H,30,34)/t19?,20?,22-,23-/m0/s1. The van der Waals surface area contributed by atoms with Crippen LogP contribution in [-0.4, -0.2) is 70.6 Å². The van der Waals surface area contributed by atoms with Gasteiger partial charge < -0.3 is 26.0 Å². The normalized spacial score (nSPS) is 26.2. The molecule has 2 saturated carbocycles. The maximum absolute atomic E-state index is 13.9. The van der Waals surface area contributed by atoms with E-state index in [1.807, 2.05) is 27.7 Å². The Hall–Kier alpha value is -1.48. The number of thioether (sulfide) groups is 1. The van der Waals surface area contributed by atoms with Gasteiger partial charge in [0, 0.05) is 29.1 Å². The summed E-state index contributed by atoms with van der Waals surface area (Å²) in [5.74, 6) is 0.384. The van der Waals surface area contributed by atoms with Gasteiger partial charge in [-0.1, -0.05) is 26.7 Å². The second kappa shape index (κ2) is 13.4. The van der Waals surface area contributed by atoms with E-state index < -0.39 is 22.9 Å². The Morgan fingerprint density at radius 3 is 2.33 bits per heavy atom. The van der Waals surface area contributed by atoms with Crippen molar-refractivity contribution in [3.63, 3.8) is 0 Å². The molecule has 1 heterocycles. The van der Waals surface area contributed by atoms with Crippen molar-refractivity contribution >= 4 is 29.7 Å². The lowest BCUT2D eigenvalue weighted by molar-refractivity contribution is -0.140. The first-order chi connectivity index (χ1) is 17.1. The molecule has 3 rings (SSSR count). The number of amides is 3. The highest BCUT2D eigenvalue weighted by atomic mass is 32.2. The van der Waals surface area contributed by atoms with Crippen molar-refractivity contribution in [2.75, 3.05) is 19.7 Å². The Morgan fingerprint density at radius 1 is 1.03 bits per heavy atom. The van der Waals surface area contributed by atoms with Gasteiger partial charge in [0.2, 0.25) is 11.8 Å². The first kappa shape index (κ1) is 29.1. The Labute approximate surface area is 221 Å². The number of carbonyl (C=O) groups is 3. The Kier molecular flexibility index (Phi) is 10.8. The van der Waals surface area contributed by atoms with E-state index in [1.54, 1.807) is 16.7 Å². The summed E-state index contributed by atoms with van der Waals surface area (Å²) in [6.07, 6.45) is 9.60. The number of likely N-dealkylation sites (tertiary alicyclic amines) is 1. The molecule has 4 N–H and O–H groups in total. The molecule has 3 fully saturated rings. The zero-order valence-electron chi connectivity index (χ0n) is 22.7. The molecular weight excluding hydrogens is 476 g/mol. The second-order valence-corrected chi connectivity index (χ2v) is 13.9. The van der Waals surface area contributed by atoms with Gasteiger partial charge >= 0.3 is 6.09 Å². The molecule has 0 unspecified atom stereocenters. The number of rotatable bonds is 10. The van der Waals surface area contributed by atoms with Gasteiger partial charge in [0.05, 0.1) is 6.61 Å². The van der Waals surface area contributed by atoms with Crippen LogP contribution in [0.2, 0.25) is 0 Å². The fourth-order valence-corrected chi connectivity index (χ4v) is 7.39. The molecule has 2 aliphatic carbocycles. The van der Waals surface area contributed by atoms with Crippen LogP contribution in [0, 0.1) is 11.8 Å². The summed E-state index contributed by atoms with van der Waals surface area (Å²) in [7, 11) is 0. The number of nitrogens with one attached hydrogen (secondary N) is 2. The summed E-state index contributed by atoms with van der Waals surface area (Å²) in [6.45, 7) is 9.47. The molecule has 1 aliphatic heterocycles. The Balaban J connectivity index is 1.67. The third kappa shape index (κ3) is 8.27. The zero-order chi connectivity index (χ0) is 26.3. The lowest BCUT2D eigenvalue weighted by Gasteiger charge is -2.38. The summed E-state index contributed by atoms with van der Waals surface area (Å²) >= 11 is 1.78. The molecule has 3 amide bonds. The van der Waals surface area contributed by atoms with Gasteiger partial charge in [0.1, 0.15) is 12.1 Å². The van der Waals surface area contributed by atoms with E-state index in [-0.39, 0.29) is 23.8 Å². The lowest BCUT2D eigenvalue weighted by atomic mass is 9.86. The molecule has 206 valence electrons. The van der Waals surface area contributed by atoms with Gasteiger partial charge in [-0.3, -0.25) is 9.59 Å². The largest absolute Gasteiger partial charge is 0.449 e. The quantitative estimate of drug-likeness (QED) is 0.400. The van der Waals surface area contributed by atoms with Gasteiger partial charge in [-0.2, -0.15) is 0 Å². The van der Waals surface area contributed by atoms with Crippen LogP contribution in [0.25, 0.3) is 0 Å². The minimum absolute atomic E-state index is 0.0851. The first-order valence-corrected chi connectivity index (χ1v) is 14.9. The number of ether oxygens (including phenoxy) is 1. The molecule has 0 aromatic heterocycles. The highest BCUT2D eigenvalue weighted by molar-refractivity contribution is 8.01. The molecule has 36 heavy (non-hydrogen) atoms. The summed E-state index contributed by atoms with van der Waals surface area (Å²) in [4.78, 5) is 41.5. The summed E-state index contributed by atoms with van der Waals surface area (Å²) < 4.78 is 4.85. The Morgan fingerprint density at radius 2 is 1.69 bits per heavy atom. The molecule has 0 aromatic rings. The summed E-state index contributed by atoms with van der Waals surface area (Å²) in [5, 5.41) is 6.48. The number of hydrogen-bond donors (Lipinski definition) is 3. The maximum atomic E-state index is 13.9. The van der Waals surface area contributed by atoms with E-state index in [9.17, 15) is 14.4 Å².